The summed E-state index contributed by atoms with van der Waals surface area (Å²) in [5.41, 5.74) is 1.34. The summed E-state index contributed by atoms with van der Waals surface area (Å²) in [5.74, 6) is -0.590. The number of hydrogen-bond acceptors (Lipinski definition) is 14. The third-order valence-corrected chi connectivity index (χ3v) is 8.24. The predicted octanol–water partition coefficient (Wildman–Crippen LogP) is 1.39. The van der Waals surface area contributed by atoms with Gasteiger partial charge in [-0.15, -0.1) is 0 Å². The van der Waals surface area contributed by atoms with E-state index in [4.69, 9.17) is 18.9 Å². The van der Waals surface area contributed by atoms with Crippen molar-refractivity contribution in [2.75, 3.05) is 26.3 Å². The van der Waals surface area contributed by atoms with Crippen LogP contribution in [-0.4, -0.2) is 130 Å². The van der Waals surface area contributed by atoms with Crippen LogP contribution in [0.25, 0.3) is 21.5 Å². The lowest BCUT2D eigenvalue weighted by molar-refractivity contribution is -0.322. The highest BCUT2D eigenvalue weighted by Crippen LogP contribution is 2.29. The van der Waals surface area contributed by atoms with Gasteiger partial charge in [0.2, 0.25) is 0 Å². The minimum absolute atomic E-state index is 0.0920. The number of phenolic OH excluding ortho intramolecular Hbond substituents is 2. The van der Waals surface area contributed by atoms with Gasteiger partial charge in [-0.3, -0.25) is 14.8 Å². The fourth-order valence-corrected chi connectivity index (χ4v) is 5.74. The summed E-state index contributed by atoms with van der Waals surface area (Å²) in [7, 11) is 0. The highest BCUT2D eigenvalue weighted by Gasteiger charge is 2.48. The number of aliphatic imine (C=N–C) groups is 2. The quantitative estimate of drug-likeness (QED) is 0.0567. The van der Waals surface area contributed by atoms with E-state index in [9.17, 15) is 40.5 Å². The summed E-state index contributed by atoms with van der Waals surface area (Å²) in [6, 6.07) is 20.8. The molecule has 1 heterocycles. The molecule has 0 aromatic heterocycles. The second-order valence-corrected chi connectivity index (χ2v) is 11.7. The molecule has 0 aliphatic carbocycles. The molecule has 0 amide bonds. The molecule has 4 aromatic rings. The first-order valence-electron chi connectivity index (χ1n) is 15.9. The van der Waals surface area contributed by atoms with Crippen molar-refractivity contribution in [1.82, 2.24) is 0 Å². The predicted molar refractivity (Wildman–Crippen MR) is 182 cm³/mol. The third-order valence-electron chi connectivity index (χ3n) is 8.24. The van der Waals surface area contributed by atoms with Gasteiger partial charge in [-0.1, -0.05) is 48.5 Å². The number of benzene rings is 4. The number of hydrogen-bond donors (Lipinski definition) is 7. The Morgan fingerprint density at radius 3 is 1.86 bits per heavy atom. The zero-order chi connectivity index (χ0) is 35.8. The summed E-state index contributed by atoms with van der Waals surface area (Å²) >= 11 is 0. The molecular formula is C36H40N2O12. The zero-order valence-electron chi connectivity index (χ0n) is 27.1. The lowest BCUT2D eigenvalue weighted by Crippen LogP contribution is -2.61. The number of esters is 1. The molecule has 0 saturated carbocycles. The number of fused-ring (bicyclic) bond motifs is 2. The standard InChI is InChI=1S/C36H40N2O12/c1-20(41)47-35-33(45)31(19-40)50-36(34(35)46)49-29(16-37-14-21-10-12-27(42)25-8-4-2-6-23(21)25)30(18-39)48-32(44)17-38-15-22-11-13-28(43)26-9-5-3-7-24(22)26/h2-15,29-36,39-40,42-46H,16-19H2,1H3/t29-,30+,31-,32+,33+,34-,35+,36-/m1/s1. The van der Waals surface area contributed by atoms with Gasteiger partial charge in [-0.2, -0.15) is 0 Å². The van der Waals surface area contributed by atoms with Crippen LogP contribution in [0.2, 0.25) is 0 Å². The Morgan fingerprint density at radius 2 is 1.34 bits per heavy atom. The van der Waals surface area contributed by atoms with Gasteiger partial charge < -0.3 is 54.7 Å². The van der Waals surface area contributed by atoms with Gasteiger partial charge in [-0.25, -0.2) is 0 Å². The number of ether oxygens (including phenoxy) is 4. The van der Waals surface area contributed by atoms with Crippen LogP contribution < -0.4 is 0 Å². The Bertz CT molecular complexity index is 1820. The van der Waals surface area contributed by atoms with Gasteiger partial charge in [0.25, 0.3) is 0 Å². The van der Waals surface area contributed by atoms with E-state index < -0.39 is 68.4 Å². The molecule has 8 atom stereocenters. The van der Waals surface area contributed by atoms with Crippen LogP contribution >= 0.6 is 0 Å². The van der Waals surface area contributed by atoms with E-state index >= 15 is 0 Å². The molecule has 4 aromatic carbocycles. The SMILES string of the molecule is CC(=O)O[C@H]1[C@@H](O)[C@@H](CO)O[C@@H](O[C@H](CN=Cc2ccc(O)c3ccccc23)[C@H](CO)O[C@H](O)CN=Cc2ccc(O)c3ccccc23)[C@@H]1O. The second-order valence-electron chi connectivity index (χ2n) is 11.7. The first kappa shape index (κ1) is 36.8. The average molecular weight is 693 g/mol. The van der Waals surface area contributed by atoms with E-state index in [2.05, 4.69) is 9.98 Å². The molecule has 0 spiro atoms. The summed E-state index contributed by atoms with van der Waals surface area (Å²) < 4.78 is 22.5. The fourth-order valence-electron chi connectivity index (χ4n) is 5.74. The lowest BCUT2D eigenvalue weighted by Gasteiger charge is -2.42. The molecule has 1 aliphatic rings. The number of aliphatic hydroxyl groups excluding tert-OH is 5. The van der Waals surface area contributed by atoms with E-state index in [1.807, 2.05) is 24.3 Å². The molecular weight excluding hydrogens is 652 g/mol. The maximum Gasteiger partial charge on any atom is 0.303 e. The van der Waals surface area contributed by atoms with Crippen molar-refractivity contribution in [3.8, 4) is 11.5 Å². The van der Waals surface area contributed by atoms with Crippen molar-refractivity contribution in [2.45, 2.75) is 56.1 Å². The average Bonchev–Trinajstić information content (AvgIpc) is 3.11. The van der Waals surface area contributed by atoms with Crippen molar-refractivity contribution >= 4 is 39.9 Å². The molecule has 1 fully saturated rings. The minimum atomic E-state index is -1.72. The van der Waals surface area contributed by atoms with Crippen LogP contribution in [0.3, 0.4) is 0 Å². The molecule has 1 saturated heterocycles. The molecule has 7 N–H and O–H groups in total. The minimum Gasteiger partial charge on any atom is -0.507 e. The van der Waals surface area contributed by atoms with Gasteiger partial charge in [0.05, 0.1) is 26.3 Å². The summed E-state index contributed by atoms with van der Waals surface area (Å²) in [6.45, 7) is -0.764. The van der Waals surface area contributed by atoms with Crippen molar-refractivity contribution in [1.29, 1.82) is 0 Å². The first-order chi connectivity index (χ1) is 24.1. The number of carbonyl (C=O) groups excluding carboxylic acids is 1. The summed E-state index contributed by atoms with van der Waals surface area (Å²) in [6.07, 6.45) is -8.69. The lowest BCUT2D eigenvalue weighted by atomic mass is 9.99. The molecule has 1 aliphatic heterocycles. The topological polar surface area (TPSA) is 220 Å². The Kier molecular flexibility index (Phi) is 12.5. The Balaban J connectivity index is 1.36. The zero-order valence-corrected chi connectivity index (χ0v) is 27.1. The second kappa shape index (κ2) is 16.9. The smallest absolute Gasteiger partial charge is 0.303 e. The highest BCUT2D eigenvalue weighted by atomic mass is 16.7. The van der Waals surface area contributed by atoms with Crippen molar-refractivity contribution in [3.05, 3.63) is 83.9 Å². The molecule has 14 heteroatoms. The largest absolute Gasteiger partial charge is 0.507 e. The molecule has 5 rings (SSSR count). The fraction of sp³-hybridized carbons (Fsp3) is 0.361. The third kappa shape index (κ3) is 8.61. The monoisotopic (exact) mass is 692 g/mol. The number of carbonyl (C=O) groups is 1. The molecule has 0 bridgehead atoms. The van der Waals surface area contributed by atoms with Crippen LogP contribution in [0.5, 0.6) is 11.5 Å². The maximum atomic E-state index is 11.7. The van der Waals surface area contributed by atoms with Crippen molar-refractivity contribution in [3.63, 3.8) is 0 Å². The van der Waals surface area contributed by atoms with E-state index in [1.165, 1.54) is 24.6 Å². The van der Waals surface area contributed by atoms with Crippen LogP contribution in [0.4, 0.5) is 0 Å². The first-order valence-corrected chi connectivity index (χ1v) is 15.9. The van der Waals surface area contributed by atoms with E-state index in [0.29, 0.717) is 27.3 Å². The van der Waals surface area contributed by atoms with Crippen molar-refractivity contribution < 1.29 is 59.5 Å². The highest BCUT2D eigenvalue weighted by molar-refractivity contribution is 6.03. The maximum absolute atomic E-state index is 11.7. The summed E-state index contributed by atoms with van der Waals surface area (Å²) in [5, 5.41) is 75.6. The number of rotatable bonds is 14. The number of aliphatic hydroxyl groups is 5. The van der Waals surface area contributed by atoms with Crippen LogP contribution in [0.15, 0.2) is 82.8 Å². The van der Waals surface area contributed by atoms with E-state index in [1.54, 1.807) is 36.4 Å². The molecule has 0 radical (unpaired) electrons. The van der Waals surface area contributed by atoms with Crippen LogP contribution in [0, 0.1) is 0 Å². The van der Waals surface area contributed by atoms with Gasteiger partial charge in [-0.05, 0) is 35.0 Å². The normalized spacial score (nSPS) is 23.0. The Hall–Kier alpha value is -4.51. The van der Waals surface area contributed by atoms with Crippen LogP contribution in [-0.2, 0) is 23.7 Å². The van der Waals surface area contributed by atoms with E-state index in [0.717, 1.165) is 12.3 Å². The summed E-state index contributed by atoms with van der Waals surface area (Å²) in [4.78, 5) is 20.5. The van der Waals surface area contributed by atoms with Gasteiger partial charge in [0.15, 0.2) is 18.7 Å². The number of aromatic hydroxyl groups is 2. The molecule has 14 nitrogen and oxygen atoms in total. The van der Waals surface area contributed by atoms with Gasteiger partial charge in [0, 0.05) is 41.3 Å². The Labute approximate surface area is 287 Å². The number of phenols is 2. The van der Waals surface area contributed by atoms with Crippen LogP contribution in [0.1, 0.15) is 18.1 Å². The Morgan fingerprint density at radius 1 is 0.800 bits per heavy atom. The van der Waals surface area contributed by atoms with Gasteiger partial charge in [0.1, 0.15) is 42.0 Å². The van der Waals surface area contributed by atoms with Crippen molar-refractivity contribution in [2.24, 2.45) is 9.98 Å². The van der Waals surface area contributed by atoms with Gasteiger partial charge >= 0.3 is 5.97 Å². The van der Waals surface area contributed by atoms with E-state index in [-0.39, 0.29) is 24.6 Å². The molecule has 266 valence electrons. The number of nitrogens with zero attached hydrogens (tertiary/aromatic N) is 2. The molecule has 50 heavy (non-hydrogen) atoms. The molecule has 0 unspecified atom stereocenters.